The monoisotopic (exact) mass is 251 g/mol. The van der Waals surface area contributed by atoms with Gasteiger partial charge in [0.15, 0.2) is 11.5 Å². The fraction of sp³-hybridized carbons (Fsp3) is 0.667. The van der Waals surface area contributed by atoms with Gasteiger partial charge in [0.2, 0.25) is 0 Å². The van der Waals surface area contributed by atoms with Crippen LogP contribution in [-0.2, 0) is 0 Å². The zero-order valence-corrected chi connectivity index (χ0v) is 11.7. The average molecular weight is 251 g/mol. The molecular weight excluding hydrogens is 226 g/mol. The van der Waals surface area contributed by atoms with Crippen molar-refractivity contribution in [2.75, 3.05) is 19.6 Å². The van der Waals surface area contributed by atoms with Crippen molar-refractivity contribution in [1.29, 1.82) is 0 Å². The summed E-state index contributed by atoms with van der Waals surface area (Å²) in [5.74, 6) is 0.596. The maximum atomic E-state index is 11.8. The Bertz CT molecular complexity index is 311. The summed E-state index contributed by atoms with van der Waals surface area (Å²) >= 11 is 0. The third kappa shape index (κ3) is 5.50. The van der Waals surface area contributed by atoms with Gasteiger partial charge in [0.05, 0.1) is 6.26 Å². The molecule has 0 spiro atoms. The summed E-state index contributed by atoms with van der Waals surface area (Å²) in [7, 11) is 0. The molecule has 1 rings (SSSR count). The summed E-state index contributed by atoms with van der Waals surface area (Å²) in [4.78, 5) is 14.2. The van der Waals surface area contributed by atoms with Gasteiger partial charge in [-0.05, 0) is 38.1 Å². The lowest BCUT2D eigenvalue weighted by atomic mass is 10.2. The molecule has 1 aromatic rings. The second-order valence-corrected chi connectivity index (χ2v) is 4.70. The van der Waals surface area contributed by atoms with Crippen LogP contribution in [0.3, 0.4) is 0 Å². The highest BCUT2D eigenvalue weighted by molar-refractivity contribution is 5.93. The Morgan fingerprint density at radius 1 is 1.17 bits per heavy atom. The van der Waals surface area contributed by atoms with Gasteiger partial charge in [-0.2, -0.15) is 0 Å². The molecule has 1 aromatic heterocycles. The Kier molecular flexibility index (Phi) is 7.42. The third-order valence-corrected chi connectivity index (χ3v) is 3.11. The lowest BCUT2D eigenvalue weighted by Crippen LogP contribution is -2.28. The van der Waals surface area contributed by atoms with Crippen molar-refractivity contribution in [1.82, 2.24) is 4.90 Å². The molecule has 0 N–H and O–H groups in total. The number of ketones is 1. The van der Waals surface area contributed by atoms with Gasteiger partial charge in [-0.1, -0.05) is 26.7 Å². The van der Waals surface area contributed by atoms with E-state index in [9.17, 15) is 4.79 Å². The molecule has 3 heteroatoms. The maximum absolute atomic E-state index is 11.8. The van der Waals surface area contributed by atoms with Crippen LogP contribution < -0.4 is 0 Å². The average Bonchev–Trinajstić information content (AvgIpc) is 2.91. The first-order valence-corrected chi connectivity index (χ1v) is 7.07. The molecule has 18 heavy (non-hydrogen) atoms. The molecule has 102 valence electrons. The number of hydrogen-bond donors (Lipinski definition) is 0. The number of rotatable bonds is 10. The largest absolute Gasteiger partial charge is 0.461 e. The highest BCUT2D eigenvalue weighted by atomic mass is 16.3. The summed E-state index contributed by atoms with van der Waals surface area (Å²) in [6.07, 6.45) is 6.93. The van der Waals surface area contributed by atoms with Gasteiger partial charge >= 0.3 is 0 Å². The molecule has 0 aliphatic heterocycles. The summed E-state index contributed by atoms with van der Waals surface area (Å²) in [5, 5.41) is 0. The molecule has 0 aliphatic carbocycles. The number of nitrogens with zero attached hydrogens (tertiary/aromatic N) is 1. The number of carbonyl (C=O) groups is 1. The Hall–Kier alpha value is -1.09. The standard InChI is InChI=1S/C15H25NO2/c1-3-5-10-16(11-6-4-2)12-9-14(17)15-8-7-13-18-15/h7-8,13H,3-6,9-12H2,1-2H3. The minimum atomic E-state index is 0.109. The highest BCUT2D eigenvalue weighted by Crippen LogP contribution is 2.06. The first-order valence-electron chi connectivity index (χ1n) is 7.07. The quantitative estimate of drug-likeness (QED) is 0.594. The molecule has 0 radical (unpaired) electrons. The van der Waals surface area contributed by atoms with Crippen molar-refractivity contribution in [3.05, 3.63) is 24.2 Å². The Balaban J connectivity index is 2.33. The van der Waals surface area contributed by atoms with Gasteiger partial charge in [0.1, 0.15) is 0 Å². The minimum Gasteiger partial charge on any atom is -0.461 e. The van der Waals surface area contributed by atoms with E-state index in [4.69, 9.17) is 4.42 Å². The fourth-order valence-corrected chi connectivity index (χ4v) is 1.92. The number of unbranched alkanes of at least 4 members (excludes halogenated alkanes) is 2. The van der Waals surface area contributed by atoms with E-state index in [2.05, 4.69) is 18.7 Å². The molecule has 0 bridgehead atoms. The second kappa shape index (κ2) is 8.92. The lowest BCUT2D eigenvalue weighted by Gasteiger charge is -2.21. The molecule has 0 saturated carbocycles. The Morgan fingerprint density at radius 2 is 1.83 bits per heavy atom. The molecule has 0 amide bonds. The van der Waals surface area contributed by atoms with E-state index in [-0.39, 0.29) is 5.78 Å². The molecular formula is C15H25NO2. The van der Waals surface area contributed by atoms with Crippen LogP contribution in [0.2, 0.25) is 0 Å². The topological polar surface area (TPSA) is 33.5 Å². The molecule has 0 unspecified atom stereocenters. The van der Waals surface area contributed by atoms with Crippen molar-refractivity contribution in [2.45, 2.75) is 46.0 Å². The van der Waals surface area contributed by atoms with Crippen molar-refractivity contribution < 1.29 is 9.21 Å². The Labute approximate surface area is 110 Å². The second-order valence-electron chi connectivity index (χ2n) is 4.70. The van der Waals surface area contributed by atoms with Gasteiger partial charge < -0.3 is 9.32 Å². The van der Waals surface area contributed by atoms with Crippen LogP contribution in [0.4, 0.5) is 0 Å². The molecule has 1 heterocycles. The van der Waals surface area contributed by atoms with Crippen LogP contribution in [0.15, 0.2) is 22.8 Å². The lowest BCUT2D eigenvalue weighted by molar-refractivity contribution is 0.0936. The van der Waals surface area contributed by atoms with Gasteiger partial charge in [-0.3, -0.25) is 4.79 Å². The van der Waals surface area contributed by atoms with Crippen molar-refractivity contribution in [3.8, 4) is 0 Å². The predicted octanol–water partition coefficient (Wildman–Crippen LogP) is 3.75. The van der Waals surface area contributed by atoms with Gasteiger partial charge in [-0.15, -0.1) is 0 Å². The normalized spacial score (nSPS) is 11.1. The van der Waals surface area contributed by atoms with Crippen LogP contribution in [0.25, 0.3) is 0 Å². The summed E-state index contributed by atoms with van der Waals surface area (Å²) < 4.78 is 5.12. The summed E-state index contributed by atoms with van der Waals surface area (Å²) in [6, 6.07) is 3.50. The SMILES string of the molecule is CCCCN(CCCC)CCC(=O)c1ccco1. The predicted molar refractivity (Wildman–Crippen MR) is 73.9 cm³/mol. The van der Waals surface area contributed by atoms with E-state index in [1.165, 1.54) is 25.7 Å². The van der Waals surface area contributed by atoms with Crippen LogP contribution in [0, 0.1) is 0 Å². The number of hydrogen-bond acceptors (Lipinski definition) is 3. The fourth-order valence-electron chi connectivity index (χ4n) is 1.92. The molecule has 0 aromatic carbocycles. The molecule has 3 nitrogen and oxygen atoms in total. The van der Waals surface area contributed by atoms with Gasteiger partial charge in [-0.25, -0.2) is 0 Å². The third-order valence-electron chi connectivity index (χ3n) is 3.11. The molecule has 0 aliphatic rings. The highest BCUT2D eigenvalue weighted by Gasteiger charge is 2.11. The van der Waals surface area contributed by atoms with Crippen molar-refractivity contribution in [3.63, 3.8) is 0 Å². The summed E-state index contributed by atoms with van der Waals surface area (Å²) in [5.41, 5.74) is 0. The van der Waals surface area contributed by atoms with Gasteiger partial charge in [0.25, 0.3) is 0 Å². The zero-order valence-electron chi connectivity index (χ0n) is 11.7. The van der Waals surface area contributed by atoms with Gasteiger partial charge in [0, 0.05) is 13.0 Å². The van der Waals surface area contributed by atoms with Crippen LogP contribution in [-0.4, -0.2) is 30.3 Å². The van der Waals surface area contributed by atoms with E-state index in [1.54, 1.807) is 18.4 Å². The van der Waals surface area contributed by atoms with E-state index >= 15 is 0 Å². The van der Waals surface area contributed by atoms with E-state index in [0.29, 0.717) is 12.2 Å². The summed E-state index contributed by atoms with van der Waals surface area (Å²) in [6.45, 7) is 7.45. The number of furan rings is 1. The van der Waals surface area contributed by atoms with E-state index in [1.807, 2.05) is 0 Å². The smallest absolute Gasteiger partial charge is 0.199 e. The maximum Gasteiger partial charge on any atom is 0.199 e. The molecule has 0 saturated heterocycles. The first kappa shape index (κ1) is 15.0. The first-order chi connectivity index (χ1) is 8.77. The van der Waals surface area contributed by atoms with Crippen molar-refractivity contribution in [2.24, 2.45) is 0 Å². The zero-order chi connectivity index (χ0) is 13.2. The molecule has 0 atom stereocenters. The minimum absolute atomic E-state index is 0.109. The van der Waals surface area contributed by atoms with E-state index < -0.39 is 0 Å². The van der Waals surface area contributed by atoms with Crippen LogP contribution >= 0.6 is 0 Å². The van der Waals surface area contributed by atoms with E-state index in [0.717, 1.165) is 19.6 Å². The molecule has 0 fully saturated rings. The number of Topliss-reactive ketones (excluding diaryl/α,β-unsaturated/α-hetero) is 1. The Morgan fingerprint density at radius 3 is 2.33 bits per heavy atom. The number of carbonyl (C=O) groups excluding carboxylic acids is 1. The van der Waals surface area contributed by atoms with Crippen molar-refractivity contribution >= 4 is 5.78 Å². The van der Waals surface area contributed by atoms with Crippen LogP contribution in [0.5, 0.6) is 0 Å². The van der Waals surface area contributed by atoms with Crippen LogP contribution in [0.1, 0.15) is 56.5 Å².